The van der Waals surface area contributed by atoms with E-state index in [0.29, 0.717) is 0 Å². The smallest absolute Gasteiger partial charge is 0.264 e. The third-order valence-corrected chi connectivity index (χ3v) is 9.55. The van der Waals surface area contributed by atoms with Gasteiger partial charge < -0.3 is 15.0 Å². The highest BCUT2D eigenvalue weighted by molar-refractivity contribution is 7.92. The Labute approximate surface area is 283 Å². The largest absolute Gasteiger partial charge is 0.495 e. The molecule has 0 aliphatic heterocycles. The van der Waals surface area contributed by atoms with Crippen molar-refractivity contribution in [3.05, 3.63) is 124 Å². The summed E-state index contributed by atoms with van der Waals surface area (Å²) in [5.74, 6) is -0.711. The van der Waals surface area contributed by atoms with Crippen molar-refractivity contribution in [1.82, 2.24) is 10.2 Å². The number of carbonyl (C=O) groups is 2. The lowest BCUT2D eigenvalue weighted by Crippen LogP contribution is -2.56. The number of benzene rings is 4. The molecule has 4 aromatic rings. The molecule has 10 heteroatoms. The number of carbonyl (C=O) groups excluding carboxylic acids is 2. The lowest BCUT2D eigenvalue weighted by atomic mass is 10.0. The third-order valence-electron chi connectivity index (χ3n) is 7.54. The summed E-state index contributed by atoms with van der Waals surface area (Å²) in [6, 6.07) is 27.1. The average Bonchev–Trinajstić information content (AvgIpc) is 3.02. The first-order valence-electron chi connectivity index (χ1n) is 15.3. The molecule has 0 fully saturated rings. The van der Waals surface area contributed by atoms with Crippen LogP contribution in [0.1, 0.15) is 43.0 Å². The Morgan fingerprint density at radius 2 is 1.45 bits per heavy atom. The van der Waals surface area contributed by atoms with Gasteiger partial charge in [-0.25, -0.2) is 8.42 Å². The van der Waals surface area contributed by atoms with Crippen LogP contribution in [0.4, 0.5) is 5.69 Å². The maximum Gasteiger partial charge on any atom is 0.264 e. The van der Waals surface area contributed by atoms with Gasteiger partial charge in [0.25, 0.3) is 10.0 Å². The van der Waals surface area contributed by atoms with Gasteiger partial charge in [-0.3, -0.25) is 13.9 Å². The molecule has 4 rings (SSSR count). The number of hydrogen-bond acceptors (Lipinski definition) is 5. The highest BCUT2D eigenvalue weighted by atomic mass is 35.5. The van der Waals surface area contributed by atoms with Gasteiger partial charge in [0.15, 0.2) is 0 Å². The van der Waals surface area contributed by atoms with E-state index in [-0.39, 0.29) is 40.2 Å². The summed E-state index contributed by atoms with van der Waals surface area (Å²) in [5, 5.41) is 3.30. The van der Waals surface area contributed by atoms with E-state index in [9.17, 15) is 18.0 Å². The highest BCUT2D eigenvalue weighted by Crippen LogP contribution is 2.35. The van der Waals surface area contributed by atoms with Crippen LogP contribution in [-0.4, -0.2) is 50.4 Å². The number of ether oxygens (including phenoxy) is 1. The number of rotatable bonds is 12. The molecule has 0 aliphatic rings. The van der Waals surface area contributed by atoms with Crippen molar-refractivity contribution in [3.63, 3.8) is 0 Å². The molecule has 1 unspecified atom stereocenters. The Balaban J connectivity index is 1.86. The zero-order valence-corrected chi connectivity index (χ0v) is 29.2. The fourth-order valence-corrected chi connectivity index (χ4v) is 6.69. The van der Waals surface area contributed by atoms with Crippen LogP contribution < -0.4 is 14.4 Å². The van der Waals surface area contributed by atoms with E-state index in [1.165, 1.54) is 30.2 Å². The van der Waals surface area contributed by atoms with Crippen molar-refractivity contribution >= 4 is 39.1 Å². The molecular weight excluding hydrogens is 634 g/mol. The van der Waals surface area contributed by atoms with Crippen molar-refractivity contribution in [2.45, 2.75) is 64.1 Å². The predicted octanol–water partition coefficient (Wildman–Crippen LogP) is 6.72. The van der Waals surface area contributed by atoms with Crippen LogP contribution in [-0.2, 0) is 32.6 Å². The monoisotopic (exact) mass is 675 g/mol. The quantitative estimate of drug-likeness (QED) is 0.180. The standard InChI is InChI=1S/C37H42ClN3O5S/c1-26-12-16-29(17-13-26)24-40(33(36(43)39-37(3,4)5)22-28-10-8-7-9-11-28)35(42)25-41(32-23-30(38)18-21-34(32)46-6)47(44,45)31-19-14-27(2)15-20-31/h7-21,23,33H,22,24-25H2,1-6H3,(H,39,43). The number of amides is 2. The first-order valence-corrected chi connectivity index (χ1v) is 17.1. The van der Waals surface area contributed by atoms with E-state index in [1.54, 1.807) is 24.3 Å². The van der Waals surface area contributed by atoms with Gasteiger partial charge in [-0.1, -0.05) is 89.5 Å². The Morgan fingerprint density at radius 1 is 0.851 bits per heavy atom. The van der Waals surface area contributed by atoms with Gasteiger partial charge >= 0.3 is 0 Å². The van der Waals surface area contributed by atoms with Crippen LogP contribution in [0.15, 0.2) is 102 Å². The number of sulfonamides is 1. The van der Waals surface area contributed by atoms with E-state index >= 15 is 0 Å². The van der Waals surface area contributed by atoms with Crippen molar-refractivity contribution < 1.29 is 22.7 Å². The summed E-state index contributed by atoms with van der Waals surface area (Å²) in [6.07, 6.45) is 0.214. The maximum absolute atomic E-state index is 14.7. The molecule has 2 amide bonds. The number of halogens is 1. The summed E-state index contributed by atoms with van der Waals surface area (Å²) in [7, 11) is -2.90. The van der Waals surface area contributed by atoms with E-state index in [1.807, 2.05) is 89.2 Å². The Bertz CT molecular complexity index is 1790. The van der Waals surface area contributed by atoms with Gasteiger partial charge in [0.05, 0.1) is 17.7 Å². The van der Waals surface area contributed by atoms with Gasteiger partial charge in [0.1, 0.15) is 18.3 Å². The molecule has 0 heterocycles. The zero-order chi connectivity index (χ0) is 34.4. The zero-order valence-electron chi connectivity index (χ0n) is 27.7. The number of hydrogen-bond donors (Lipinski definition) is 1. The number of anilines is 1. The molecule has 4 aromatic carbocycles. The van der Waals surface area contributed by atoms with Crippen LogP contribution in [0.25, 0.3) is 0 Å². The predicted molar refractivity (Wildman–Crippen MR) is 187 cm³/mol. The fraction of sp³-hybridized carbons (Fsp3) is 0.297. The molecule has 1 N–H and O–H groups in total. The fourth-order valence-electron chi connectivity index (χ4n) is 5.11. The first kappa shape index (κ1) is 35.5. The topological polar surface area (TPSA) is 96.0 Å². The summed E-state index contributed by atoms with van der Waals surface area (Å²) in [5.41, 5.74) is 3.08. The van der Waals surface area contributed by atoms with Crippen molar-refractivity contribution in [2.75, 3.05) is 18.0 Å². The van der Waals surface area contributed by atoms with Crippen molar-refractivity contribution in [2.24, 2.45) is 0 Å². The molecule has 1 atom stereocenters. The molecule has 0 aliphatic carbocycles. The second-order valence-corrected chi connectivity index (χ2v) is 14.9. The molecule has 0 saturated carbocycles. The van der Waals surface area contributed by atoms with E-state index in [4.69, 9.17) is 16.3 Å². The number of methoxy groups -OCH3 is 1. The lowest BCUT2D eigenvalue weighted by molar-refractivity contribution is -0.140. The van der Waals surface area contributed by atoms with Crippen LogP contribution in [0.3, 0.4) is 0 Å². The van der Waals surface area contributed by atoms with Gasteiger partial charge in [-0.2, -0.15) is 0 Å². The Morgan fingerprint density at radius 3 is 2.02 bits per heavy atom. The number of nitrogens with zero attached hydrogens (tertiary/aromatic N) is 2. The third kappa shape index (κ3) is 9.36. The Hall–Kier alpha value is -4.34. The highest BCUT2D eigenvalue weighted by Gasteiger charge is 2.36. The number of aryl methyl sites for hydroxylation is 2. The van der Waals surface area contributed by atoms with Gasteiger partial charge in [-0.15, -0.1) is 0 Å². The summed E-state index contributed by atoms with van der Waals surface area (Å²) >= 11 is 6.37. The molecular formula is C37H42ClN3O5S. The number of nitrogens with one attached hydrogen (secondary N) is 1. The molecule has 47 heavy (non-hydrogen) atoms. The molecule has 248 valence electrons. The van der Waals surface area contributed by atoms with E-state index in [2.05, 4.69) is 5.32 Å². The van der Waals surface area contributed by atoms with Crippen molar-refractivity contribution in [1.29, 1.82) is 0 Å². The lowest BCUT2D eigenvalue weighted by Gasteiger charge is -2.35. The molecule has 0 saturated heterocycles. The molecule has 0 spiro atoms. The minimum absolute atomic E-state index is 0.00526. The normalized spacial score (nSPS) is 12.2. The molecule has 8 nitrogen and oxygen atoms in total. The minimum Gasteiger partial charge on any atom is -0.495 e. The van der Waals surface area contributed by atoms with Gasteiger partial charge in [0.2, 0.25) is 11.8 Å². The average molecular weight is 676 g/mol. The summed E-state index contributed by atoms with van der Waals surface area (Å²) in [4.78, 5) is 30.2. The van der Waals surface area contributed by atoms with Crippen LogP contribution in [0.5, 0.6) is 5.75 Å². The summed E-state index contributed by atoms with van der Waals surface area (Å²) < 4.78 is 35.2. The molecule has 0 bridgehead atoms. The SMILES string of the molecule is COc1ccc(Cl)cc1N(CC(=O)N(Cc1ccc(C)cc1)C(Cc1ccccc1)C(=O)NC(C)(C)C)S(=O)(=O)c1ccc(C)cc1. The van der Waals surface area contributed by atoms with Crippen molar-refractivity contribution in [3.8, 4) is 5.75 Å². The second-order valence-electron chi connectivity index (χ2n) is 12.6. The second kappa shape index (κ2) is 15.0. The van der Waals surface area contributed by atoms with Crippen LogP contribution >= 0.6 is 11.6 Å². The van der Waals surface area contributed by atoms with E-state index < -0.39 is 34.1 Å². The van der Waals surface area contributed by atoms with Crippen LogP contribution in [0, 0.1) is 13.8 Å². The van der Waals surface area contributed by atoms with E-state index in [0.717, 1.165) is 26.6 Å². The molecule has 0 radical (unpaired) electrons. The first-order chi connectivity index (χ1) is 22.2. The maximum atomic E-state index is 14.7. The molecule has 0 aromatic heterocycles. The minimum atomic E-state index is -4.31. The van der Waals surface area contributed by atoms with Gasteiger partial charge in [0, 0.05) is 23.5 Å². The van der Waals surface area contributed by atoms with Gasteiger partial charge in [-0.05, 0) is 76.1 Å². The van der Waals surface area contributed by atoms with Crippen LogP contribution in [0.2, 0.25) is 5.02 Å². The Kier molecular flexibility index (Phi) is 11.4. The summed E-state index contributed by atoms with van der Waals surface area (Å²) in [6.45, 7) is 8.89.